The summed E-state index contributed by atoms with van der Waals surface area (Å²) in [5, 5.41) is 7.33. The van der Waals surface area contributed by atoms with Gasteiger partial charge >= 0.3 is 0 Å². The average Bonchev–Trinajstić information content (AvgIpc) is 2.91. The number of nitrogens with one attached hydrogen (secondary N) is 1. The molecule has 0 aliphatic carbocycles. The number of imide groups is 1. The first-order chi connectivity index (χ1) is 10.1. The van der Waals surface area contributed by atoms with E-state index in [9.17, 15) is 9.59 Å². The van der Waals surface area contributed by atoms with Gasteiger partial charge in [0.1, 0.15) is 6.04 Å². The van der Waals surface area contributed by atoms with Gasteiger partial charge in [-0.25, -0.2) is 4.90 Å². The van der Waals surface area contributed by atoms with Crippen LogP contribution in [0.3, 0.4) is 0 Å². The third kappa shape index (κ3) is 2.40. The molecule has 0 spiro atoms. The molecule has 6 heteroatoms. The zero-order chi connectivity index (χ0) is 15.0. The number of benzene rings is 1. The number of hydrogen-bond donors (Lipinski definition) is 1. The molecular weight excluding hydrogens is 268 g/mol. The highest BCUT2D eigenvalue weighted by Crippen LogP contribution is 2.25. The molecule has 1 atom stereocenters. The highest BCUT2D eigenvalue weighted by Gasteiger charge is 2.39. The molecule has 0 bridgehead atoms. The molecule has 1 aromatic carbocycles. The van der Waals surface area contributed by atoms with Crippen LogP contribution in [-0.2, 0) is 16.6 Å². The molecule has 1 aliphatic heterocycles. The molecule has 1 aromatic heterocycles. The minimum absolute atomic E-state index is 0.155. The van der Waals surface area contributed by atoms with E-state index in [0.717, 1.165) is 11.4 Å². The van der Waals surface area contributed by atoms with E-state index >= 15 is 0 Å². The summed E-state index contributed by atoms with van der Waals surface area (Å²) in [6.07, 6.45) is 1.96. The highest BCUT2D eigenvalue weighted by molar-refractivity contribution is 6.23. The van der Waals surface area contributed by atoms with Crippen LogP contribution in [0.1, 0.15) is 12.1 Å². The lowest BCUT2D eigenvalue weighted by Gasteiger charge is -2.15. The Morgan fingerprint density at radius 1 is 1.24 bits per heavy atom. The van der Waals surface area contributed by atoms with E-state index in [1.165, 1.54) is 4.90 Å². The van der Waals surface area contributed by atoms with Crippen molar-refractivity contribution in [1.82, 2.24) is 9.78 Å². The Morgan fingerprint density at radius 3 is 2.57 bits per heavy atom. The molecule has 0 radical (unpaired) electrons. The molecule has 1 saturated heterocycles. The van der Waals surface area contributed by atoms with Gasteiger partial charge in [0, 0.05) is 13.2 Å². The summed E-state index contributed by atoms with van der Waals surface area (Å²) in [6.45, 7) is 1.86. The summed E-state index contributed by atoms with van der Waals surface area (Å²) in [5.74, 6) is -0.417. The number of hydrogen-bond acceptors (Lipinski definition) is 4. The van der Waals surface area contributed by atoms with Crippen LogP contribution in [0.5, 0.6) is 0 Å². The fourth-order valence-corrected chi connectivity index (χ4v) is 2.52. The van der Waals surface area contributed by atoms with Gasteiger partial charge in [0.15, 0.2) is 0 Å². The Labute approximate surface area is 122 Å². The smallest absolute Gasteiger partial charge is 0.256 e. The van der Waals surface area contributed by atoms with E-state index in [1.807, 2.05) is 32.2 Å². The molecule has 1 N–H and O–H groups in total. The molecule has 1 unspecified atom stereocenters. The van der Waals surface area contributed by atoms with Gasteiger partial charge in [0.25, 0.3) is 5.91 Å². The van der Waals surface area contributed by atoms with Gasteiger partial charge in [0.2, 0.25) is 5.91 Å². The lowest BCUT2D eigenvalue weighted by Crippen LogP contribution is -2.34. The van der Waals surface area contributed by atoms with Crippen LogP contribution in [0.15, 0.2) is 36.5 Å². The normalized spacial score (nSPS) is 18.4. The molecule has 2 aromatic rings. The minimum Gasteiger partial charge on any atom is -0.370 e. The molecule has 2 heterocycles. The van der Waals surface area contributed by atoms with Crippen LogP contribution in [0.2, 0.25) is 0 Å². The summed E-state index contributed by atoms with van der Waals surface area (Å²) >= 11 is 0. The number of carbonyl (C=O) groups excluding carboxylic acids is 2. The van der Waals surface area contributed by atoms with E-state index in [2.05, 4.69) is 10.4 Å². The zero-order valence-electron chi connectivity index (χ0n) is 11.9. The molecule has 1 aliphatic rings. The van der Waals surface area contributed by atoms with Crippen molar-refractivity contribution in [3.05, 3.63) is 42.2 Å². The number of rotatable bonds is 3. The van der Waals surface area contributed by atoms with Gasteiger partial charge in [-0.15, -0.1) is 0 Å². The number of carbonyl (C=O) groups is 2. The Bertz CT molecular complexity index is 693. The van der Waals surface area contributed by atoms with E-state index in [-0.39, 0.29) is 18.2 Å². The van der Waals surface area contributed by atoms with Crippen molar-refractivity contribution in [1.29, 1.82) is 0 Å². The first-order valence-electron chi connectivity index (χ1n) is 6.75. The number of para-hydroxylation sites is 1. The molecular formula is C15H16N4O2. The lowest BCUT2D eigenvalue weighted by atomic mass is 10.2. The third-order valence-corrected chi connectivity index (χ3v) is 3.50. The Kier molecular flexibility index (Phi) is 3.21. The van der Waals surface area contributed by atoms with Gasteiger partial charge in [-0.1, -0.05) is 18.2 Å². The second-order valence-electron chi connectivity index (χ2n) is 5.11. The number of nitrogens with zero attached hydrogens (tertiary/aromatic N) is 3. The fourth-order valence-electron chi connectivity index (χ4n) is 2.52. The van der Waals surface area contributed by atoms with Gasteiger partial charge < -0.3 is 5.32 Å². The van der Waals surface area contributed by atoms with Crippen LogP contribution < -0.4 is 10.2 Å². The molecule has 0 saturated carbocycles. The topological polar surface area (TPSA) is 67.2 Å². The number of anilines is 2. The number of aromatic nitrogens is 2. The van der Waals surface area contributed by atoms with Gasteiger partial charge in [-0.3, -0.25) is 14.3 Å². The Balaban J connectivity index is 1.82. The predicted molar refractivity (Wildman–Crippen MR) is 78.9 cm³/mol. The summed E-state index contributed by atoms with van der Waals surface area (Å²) in [4.78, 5) is 25.8. The van der Waals surface area contributed by atoms with E-state index in [1.54, 1.807) is 23.0 Å². The van der Waals surface area contributed by atoms with Crippen molar-refractivity contribution < 1.29 is 9.59 Å². The quantitative estimate of drug-likeness (QED) is 0.867. The highest BCUT2D eigenvalue weighted by atomic mass is 16.2. The maximum Gasteiger partial charge on any atom is 0.256 e. The summed E-state index contributed by atoms with van der Waals surface area (Å²) in [6, 6.07) is 8.44. The minimum atomic E-state index is -0.541. The maximum atomic E-state index is 12.5. The molecule has 108 valence electrons. The van der Waals surface area contributed by atoms with Crippen LogP contribution >= 0.6 is 0 Å². The first kappa shape index (κ1) is 13.4. The second-order valence-corrected chi connectivity index (χ2v) is 5.11. The van der Waals surface area contributed by atoms with Crippen molar-refractivity contribution in [2.24, 2.45) is 7.05 Å². The fraction of sp³-hybridized carbons (Fsp3) is 0.267. The van der Waals surface area contributed by atoms with Crippen molar-refractivity contribution in [3.63, 3.8) is 0 Å². The lowest BCUT2D eigenvalue weighted by molar-refractivity contribution is -0.121. The van der Waals surface area contributed by atoms with E-state index < -0.39 is 6.04 Å². The molecule has 21 heavy (non-hydrogen) atoms. The second kappa shape index (κ2) is 5.05. The van der Waals surface area contributed by atoms with Crippen LogP contribution in [0.25, 0.3) is 0 Å². The zero-order valence-corrected chi connectivity index (χ0v) is 11.9. The third-order valence-electron chi connectivity index (χ3n) is 3.50. The monoisotopic (exact) mass is 284 g/mol. The van der Waals surface area contributed by atoms with Gasteiger partial charge in [-0.05, 0) is 19.1 Å². The van der Waals surface area contributed by atoms with Crippen LogP contribution in [0.4, 0.5) is 11.4 Å². The maximum absolute atomic E-state index is 12.5. The van der Waals surface area contributed by atoms with E-state index in [4.69, 9.17) is 0 Å². The van der Waals surface area contributed by atoms with Crippen molar-refractivity contribution >= 4 is 23.2 Å². The van der Waals surface area contributed by atoms with Crippen molar-refractivity contribution in [2.45, 2.75) is 19.4 Å². The standard InChI is InChI=1S/C15H16N4O2/c1-10-13(9-18(2)17-10)16-12-8-14(20)19(15(12)21)11-6-4-3-5-7-11/h3-7,9,12,16H,8H2,1-2H3. The van der Waals surface area contributed by atoms with Crippen LogP contribution in [-0.4, -0.2) is 27.6 Å². The van der Waals surface area contributed by atoms with Crippen molar-refractivity contribution in [3.8, 4) is 0 Å². The Hall–Kier alpha value is -2.63. The number of amides is 2. The van der Waals surface area contributed by atoms with Crippen molar-refractivity contribution in [2.75, 3.05) is 10.2 Å². The number of aryl methyl sites for hydroxylation is 2. The SMILES string of the molecule is Cc1nn(C)cc1NC1CC(=O)N(c2ccccc2)C1=O. The largest absolute Gasteiger partial charge is 0.370 e. The molecule has 2 amide bonds. The van der Waals surface area contributed by atoms with Crippen LogP contribution in [0, 0.1) is 6.92 Å². The average molecular weight is 284 g/mol. The van der Waals surface area contributed by atoms with E-state index in [0.29, 0.717) is 5.69 Å². The van der Waals surface area contributed by atoms with Gasteiger partial charge in [0.05, 0.1) is 23.5 Å². The van der Waals surface area contributed by atoms with Gasteiger partial charge in [-0.2, -0.15) is 5.10 Å². The first-order valence-corrected chi connectivity index (χ1v) is 6.75. The summed E-state index contributed by atoms with van der Waals surface area (Å²) in [5.41, 5.74) is 2.19. The summed E-state index contributed by atoms with van der Waals surface area (Å²) < 4.78 is 1.67. The summed E-state index contributed by atoms with van der Waals surface area (Å²) in [7, 11) is 1.82. The molecule has 6 nitrogen and oxygen atoms in total. The Morgan fingerprint density at radius 2 is 1.95 bits per heavy atom. The predicted octanol–water partition coefficient (Wildman–Crippen LogP) is 1.47. The molecule has 1 fully saturated rings. The molecule has 3 rings (SSSR count).